The lowest BCUT2D eigenvalue weighted by Gasteiger charge is -2.28. The van der Waals surface area contributed by atoms with Gasteiger partial charge in [0.2, 0.25) is 5.91 Å². The molecule has 24 heavy (non-hydrogen) atoms. The number of aromatic nitrogens is 1. The van der Waals surface area contributed by atoms with Gasteiger partial charge in [-0.3, -0.25) is 19.3 Å². The molecule has 0 atom stereocenters. The van der Waals surface area contributed by atoms with Gasteiger partial charge >= 0.3 is 0 Å². The van der Waals surface area contributed by atoms with E-state index in [9.17, 15) is 14.4 Å². The van der Waals surface area contributed by atoms with Crippen LogP contribution >= 0.6 is 15.9 Å². The number of benzene rings is 1. The summed E-state index contributed by atoms with van der Waals surface area (Å²) in [6.07, 6.45) is 2.61. The number of aromatic amines is 1. The molecule has 1 aromatic carbocycles. The lowest BCUT2D eigenvalue weighted by atomic mass is 10.1. The fourth-order valence-electron chi connectivity index (χ4n) is 3.20. The van der Waals surface area contributed by atoms with Crippen LogP contribution in [0.5, 0.6) is 0 Å². The van der Waals surface area contributed by atoms with Crippen molar-refractivity contribution >= 4 is 33.7 Å². The largest absolute Gasteiger partial charge is 0.365 e. The molecule has 3 amide bonds. The highest BCUT2D eigenvalue weighted by Gasteiger charge is 2.37. The summed E-state index contributed by atoms with van der Waals surface area (Å²) in [6.45, 7) is 0.872. The minimum Gasteiger partial charge on any atom is -0.365 e. The Morgan fingerprint density at radius 3 is 2.79 bits per heavy atom. The number of carbonyl (C=O) groups is 3. The third-order valence-corrected chi connectivity index (χ3v) is 4.99. The van der Waals surface area contributed by atoms with Crippen LogP contribution in [0.1, 0.15) is 32.0 Å². The standard InChI is InChI=1S/C17H14BrN3O3/c18-11-1-2-12-13(7-11)17(24)21(16(12)23)9-15(22)20-6-4-14-10(8-20)3-5-19-14/h1-3,5,7,19H,4,6,8-9H2. The van der Waals surface area contributed by atoms with Gasteiger partial charge in [-0.2, -0.15) is 0 Å². The van der Waals surface area contributed by atoms with E-state index < -0.39 is 11.8 Å². The van der Waals surface area contributed by atoms with Crippen LogP contribution in [0.4, 0.5) is 0 Å². The van der Waals surface area contributed by atoms with Crippen molar-refractivity contribution in [1.82, 2.24) is 14.8 Å². The van der Waals surface area contributed by atoms with Gasteiger partial charge in [0.15, 0.2) is 0 Å². The van der Waals surface area contributed by atoms with Crippen molar-refractivity contribution in [3.63, 3.8) is 0 Å². The number of nitrogens with one attached hydrogen (secondary N) is 1. The molecule has 0 fully saturated rings. The lowest BCUT2D eigenvalue weighted by Crippen LogP contribution is -2.44. The molecule has 4 rings (SSSR count). The van der Waals surface area contributed by atoms with Crippen molar-refractivity contribution in [2.45, 2.75) is 13.0 Å². The monoisotopic (exact) mass is 387 g/mol. The number of hydrogen-bond acceptors (Lipinski definition) is 3. The van der Waals surface area contributed by atoms with Gasteiger partial charge in [-0.05, 0) is 29.8 Å². The Bertz CT molecular complexity index is 874. The molecule has 2 aromatic rings. The van der Waals surface area contributed by atoms with Gasteiger partial charge in [0.25, 0.3) is 11.8 Å². The SMILES string of the molecule is O=C(CN1C(=O)c2ccc(Br)cc2C1=O)N1CCc2[nH]ccc2C1. The highest BCUT2D eigenvalue weighted by atomic mass is 79.9. The number of carbonyl (C=O) groups excluding carboxylic acids is 3. The van der Waals surface area contributed by atoms with E-state index in [0.29, 0.717) is 24.2 Å². The summed E-state index contributed by atoms with van der Waals surface area (Å²) in [5, 5.41) is 0. The summed E-state index contributed by atoms with van der Waals surface area (Å²) >= 11 is 3.30. The molecule has 3 heterocycles. The highest BCUT2D eigenvalue weighted by Crippen LogP contribution is 2.26. The van der Waals surface area contributed by atoms with Crippen LogP contribution in [0.15, 0.2) is 34.9 Å². The van der Waals surface area contributed by atoms with Crippen molar-refractivity contribution < 1.29 is 14.4 Å². The first-order valence-electron chi connectivity index (χ1n) is 7.63. The normalized spacial score (nSPS) is 16.4. The van der Waals surface area contributed by atoms with Crippen molar-refractivity contribution in [3.05, 3.63) is 57.3 Å². The molecular formula is C17H14BrN3O3. The average Bonchev–Trinajstić information content (AvgIpc) is 3.13. The van der Waals surface area contributed by atoms with E-state index in [4.69, 9.17) is 0 Å². The van der Waals surface area contributed by atoms with Crippen molar-refractivity contribution in [1.29, 1.82) is 0 Å². The molecule has 1 aromatic heterocycles. The van der Waals surface area contributed by atoms with Crippen LogP contribution in [-0.2, 0) is 17.8 Å². The first-order valence-corrected chi connectivity index (χ1v) is 8.42. The number of rotatable bonds is 2. The van der Waals surface area contributed by atoms with Gasteiger partial charge in [-0.25, -0.2) is 0 Å². The molecule has 0 unspecified atom stereocenters. The highest BCUT2D eigenvalue weighted by molar-refractivity contribution is 9.10. The molecular weight excluding hydrogens is 374 g/mol. The molecule has 1 N–H and O–H groups in total. The molecule has 0 saturated carbocycles. The van der Waals surface area contributed by atoms with Gasteiger partial charge in [-0.1, -0.05) is 15.9 Å². The Hall–Kier alpha value is -2.41. The molecule has 0 spiro atoms. The Labute approximate surface area is 146 Å². The molecule has 2 aliphatic heterocycles. The number of imide groups is 1. The Balaban J connectivity index is 1.51. The zero-order valence-corrected chi connectivity index (χ0v) is 14.3. The topological polar surface area (TPSA) is 73.5 Å². The van der Waals surface area contributed by atoms with E-state index in [1.54, 1.807) is 23.1 Å². The molecule has 7 heteroatoms. The van der Waals surface area contributed by atoms with Crippen molar-refractivity contribution in [2.75, 3.05) is 13.1 Å². The number of halogens is 1. The first kappa shape index (κ1) is 15.1. The van der Waals surface area contributed by atoms with Crippen LogP contribution in [0, 0.1) is 0 Å². The minimum absolute atomic E-state index is 0.213. The second-order valence-corrected chi connectivity index (χ2v) is 6.85. The quantitative estimate of drug-likeness (QED) is 0.800. The molecule has 6 nitrogen and oxygen atoms in total. The minimum atomic E-state index is -0.413. The summed E-state index contributed by atoms with van der Waals surface area (Å²) in [5.41, 5.74) is 2.92. The Morgan fingerprint density at radius 2 is 1.96 bits per heavy atom. The molecule has 0 aliphatic carbocycles. The van der Waals surface area contributed by atoms with Crippen LogP contribution in [-0.4, -0.2) is 45.6 Å². The number of fused-ring (bicyclic) bond motifs is 2. The third-order valence-electron chi connectivity index (χ3n) is 4.50. The van der Waals surface area contributed by atoms with E-state index in [-0.39, 0.29) is 12.5 Å². The van der Waals surface area contributed by atoms with E-state index in [1.807, 2.05) is 12.3 Å². The van der Waals surface area contributed by atoms with Crippen LogP contribution in [0.2, 0.25) is 0 Å². The number of H-pyrrole nitrogens is 1. The maximum Gasteiger partial charge on any atom is 0.262 e. The Morgan fingerprint density at radius 1 is 1.17 bits per heavy atom. The van der Waals surface area contributed by atoms with Crippen molar-refractivity contribution in [3.8, 4) is 0 Å². The van der Waals surface area contributed by atoms with Crippen LogP contribution in [0.25, 0.3) is 0 Å². The fourth-order valence-corrected chi connectivity index (χ4v) is 3.56. The summed E-state index contributed by atoms with van der Waals surface area (Å²) in [4.78, 5) is 43.3. The van der Waals surface area contributed by atoms with Gasteiger partial charge in [-0.15, -0.1) is 0 Å². The maximum absolute atomic E-state index is 12.6. The second kappa shape index (κ2) is 5.59. The van der Waals surface area contributed by atoms with Gasteiger partial charge in [0, 0.05) is 35.9 Å². The van der Waals surface area contributed by atoms with Gasteiger partial charge in [0.05, 0.1) is 11.1 Å². The fraction of sp³-hybridized carbons (Fsp3) is 0.235. The maximum atomic E-state index is 12.6. The molecule has 2 aliphatic rings. The average molecular weight is 388 g/mol. The third kappa shape index (κ3) is 2.36. The number of nitrogens with zero attached hydrogens (tertiary/aromatic N) is 2. The summed E-state index contributed by atoms with van der Waals surface area (Å²) < 4.78 is 0.728. The molecule has 0 saturated heterocycles. The molecule has 122 valence electrons. The predicted octanol–water partition coefficient (Wildman–Crippen LogP) is 1.96. The van der Waals surface area contributed by atoms with E-state index in [0.717, 1.165) is 27.1 Å². The zero-order valence-electron chi connectivity index (χ0n) is 12.7. The number of amides is 3. The number of hydrogen-bond donors (Lipinski definition) is 1. The van der Waals surface area contributed by atoms with E-state index >= 15 is 0 Å². The smallest absolute Gasteiger partial charge is 0.262 e. The van der Waals surface area contributed by atoms with Crippen molar-refractivity contribution in [2.24, 2.45) is 0 Å². The lowest BCUT2D eigenvalue weighted by molar-refractivity contribution is -0.132. The van der Waals surface area contributed by atoms with Crippen LogP contribution in [0.3, 0.4) is 0 Å². The first-order chi connectivity index (χ1) is 11.5. The Kier molecular flexibility index (Phi) is 3.53. The summed E-state index contributed by atoms with van der Waals surface area (Å²) in [5.74, 6) is -1.03. The van der Waals surface area contributed by atoms with E-state index in [2.05, 4.69) is 20.9 Å². The molecule has 0 bridgehead atoms. The second-order valence-electron chi connectivity index (χ2n) is 5.93. The van der Waals surface area contributed by atoms with Gasteiger partial charge in [0.1, 0.15) is 6.54 Å². The predicted molar refractivity (Wildman–Crippen MR) is 89.4 cm³/mol. The molecule has 0 radical (unpaired) electrons. The van der Waals surface area contributed by atoms with Gasteiger partial charge < -0.3 is 9.88 Å². The summed E-state index contributed by atoms with van der Waals surface area (Å²) in [6, 6.07) is 6.89. The van der Waals surface area contributed by atoms with E-state index in [1.165, 1.54) is 0 Å². The summed E-state index contributed by atoms with van der Waals surface area (Å²) in [7, 11) is 0. The zero-order chi connectivity index (χ0) is 16.8. The van der Waals surface area contributed by atoms with Crippen LogP contribution < -0.4 is 0 Å².